The molecular formula is C22H29N3O9S2. The highest BCUT2D eigenvalue weighted by atomic mass is 32.2. The number of carbonyl (C=O) groups excluding carboxylic acids is 2. The van der Waals surface area contributed by atoms with E-state index in [1.807, 2.05) is 20.8 Å². The van der Waals surface area contributed by atoms with Crippen LogP contribution < -0.4 is 15.4 Å². The lowest BCUT2D eigenvalue weighted by Crippen LogP contribution is -2.22. The number of hydrogen-bond acceptors (Lipinski definition) is 9. The molecule has 0 saturated heterocycles. The van der Waals surface area contributed by atoms with Crippen LogP contribution in [0.25, 0.3) is 0 Å². The summed E-state index contributed by atoms with van der Waals surface area (Å²) in [6.07, 6.45) is -0.243. The first-order valence-electron chi connectivity index (χ1n) is 10.5. The zero-order valence-corrected chi connectivity index (χ0v) is 22.1. The van der Waals surface area contributed by atoms with Crippen molar-refractivity contribution in [2.75, 3.05) is 23.5 Å². The van der Waals surface area contributed by atoms with Gasteiger partial charge >= 0.3 is 5.97 Å². The summed E-state index contributed by atoms with van der Waals surface area (Å²) >= 11 is 0.635. The third-order valence-electron chi connectivity index (χ3n) is 3.87. The number of carboxylic acid groups (broad SMARTS) is 2. The molecule has 2 rings (SSSR count). The minimum atomic E-state index is -3.73. The van der Waals surface area contributed by atoms with Crippen LogP contribution in [0.4, 0.5) is 10.8 Å². The van der Waals surface area contributed by atoms with Crippen LogP contribution in [0.2, 0.25) is 0 Å². The third kappa shape index (κ3) is 11.3. The molecule has 1 aromatic carbocycles. The lowest BCUT2D eigenvalue weighted by atomic mass is 10.2. The number of carboxylic acids is 2. The third-order valence-corrected chi connectivity index (χ3v) is 6.74. The number of ether oxygens (including phenoxy) is 1. The average molecular weight is 544 g/mol. The van der Waals surface area contributed by atoms with Crippen molar-refractivity contribution in [3.63, 3.8) is 0 Å². The Hall–Kier alpha value is -3.52. The lowest BCUT2D eigenvalue weighted by Gasteiger charge is -2.14. The molecule has 0 unspecified atom stereocenters. The number of benzene rings is 1. The van der Waals surface area contributed by atoms with Gasteiger partial charge in [-0.3, -0.25) is 19.2 Å². The number of amides is 2. The maximum atomic E-state index is 12.3. The normalized spacial score (nSPS) is 10.7. The van der Waals surface area contributed by atoms with Gasteiger partial charge in [-0.1, -0.05) is 31.3 Å². The highest BCUT2D eigenvalue weighted by Crippen LogP contribution is 2.29. The summed E-state index contributed by atoms with van der Waals surface area (Å²) in [5.41, 5.74) is 1.20. The molecule has 0 atom stereocenters. The molecule has 36 heavy (non-hydrogen) atoms. The Bertz CT molecular complexity index is 1220. The fourth-order valence-corrected chi connectivity index (χ4v) is 4.67. The highest BCUT2D eigenvalue weighted by molar-refractivity contribution is 7.92. The van der Waals surface area contributed by atoms with Gasteiger partial charge in [-0.05, 0) is 30.5 Å². The number of rotatable bonds is 10. The molecule has 0 bridgehead atoms. The van der Waals surface area contributed by atoms with Gasteiger partial charge in [0.25, 0.3) is 5.97 Å². The molecule has 2 aromatic rings. The fraction of sp³-hybridized carbons (Fsp3) is 0.409. The number of carbonyl (C=O) groups is 4. The van der Waals surface area contributed by atoms with Crippen molar-refractivity contribution in [3.8, 4) is 5.75 Å². The number of aromatic nitrogens is 1. The Balaban J connectivity index is 0.00000150. The fourth-order valence-electron chi connectivity index (χ4n) is 2.55. The maximum absolute atomic E-state index is 12.3. The second-order valence-electron chi connectivity index (χ2n) is 8.09. The molecule has 0 spiro atoms. The minimum Gasteiger partial charge on any atom is -0.491 e. The van der Waals surface area contributed by atoms with Crippen LogP contribution >= 0.6 is 11.3 Å². The number of hydrogen-bond donors (Lipinski definition) is 4. The van der Waals surface area contributed by atoms with Gasteiger partial charge in [0.05, 0.1) is 24.4 Å². The Morgan fingerprint density at radius 2 is 1.69 bits per heavy atom. The van der Waals surface area contributed by atoms with E-state index in [-0.39, 0.29) is 21.0 Å². The van der Waals surface area contributed by atoms with Crippen molar-refractivity contribution in [1.82, 2.24) is 4.98 Å². The topological polar surface area (TPSA) is 189 Å². The second kappa shape index (κ2) is 13.5. The van der Waals surface area contributed by atoms with Crippen molar-refractivity contribution >= 4 is 55.7 Å². The van der Waals surface area contributed by atoms with Crippen LogP contribution in [-0.4, -0.2) is 60.2 Å². The Labute approximate surface area is 212 Å². The van der Waals surface area contributed by atoms with Crippen LogP contribution in [-0.2, 0) is 35.4 Å². The predicted molar refractivity (Wildman–Crippen MR) is 133 cm³/mol. The molecule has 0 aliphatic rings. The number of thiazole rings is 1. The number of sulfone groups is 1. The zero-order chi connectivity index (χ0) is 27.6. The quantitative estimate of drug-likeness (QED) is 0.324. The van der Waals surface area contributed by atoms with Gasteiger partial charge in [-0.25, -0.2) is 13.4 Å². The Morgan fingerprint density at radius 3 is 2.22 bits per heavy atom. The molecule has 0 saturated carbocycles. The van der Waals surface area contributed by atoms with Crippen molar-refractivity contribution < 1.29 is 42.5 Å². The number of anilines is 2. The summed E-state index contributed by atoms with van der Waals surface area (Å²) in [7, 11) is -3.73. The molecule has 2 amide bonds. The van der Waals surface area contributed by atoms with Crippen LogP contribution in [0.3, 0.4) is 0 Å². The van der Waals surface area contributed by atoms with Crippen LogP contribution in [0.5, 0.6) is 5.75 Å². The first-order chi connectivity index (χ1) is 16.6. The van der Waals surface area contributed by atoms with Gasteiger partial charge in [-0.2, -0.15) is 0 Å². The zero-order valence-electron chi connectivity index (χ0n) is 20.4. The van der Waals surface area contributed by atoms with E-state index in [2.05, 4.69) is 15.6 Å². The van der Waals surface area contributed by atoms with Crippen molar-refractivity contribution in [3.05, 3.63) is 29.5 Å². The SMILES string of the molecule is CC(=O)O.Cc1ccc(NC(=O)CC(=O)Nc2nc(CC(=O)O)c(S(C)(=O)=O)s2)c(OCC(C)C)c1. The van der Waals surface area contributed by atoms with E-state index in [1.54, 1.807) is 18.2 Å². The van der Waals surface area contributed by atoms with Gasteiger partial charge in [0.15, 0.2) is 15.0 Å². The first-order valence-corrected chi connectivity index (χ1v) is 13.2. The highest BCUT2D eigenvalue weighted by Gasteiger charge is 2.23. The number of aryl methyl sites for hydroxylation is 1. The van der Waals surface area contributed by atoms with E-state index in [0.29, 0.717) is 29.4 Å². The van der Waals surface area contributed by atoms with E-state index < -0.39 is 46.4 Å². The minimum absolute atomic E-state index is 0.101. The number of aliphatic carboxylic acids is 2. The second-order valence-corrected chi connectivity index (χ2v) is 11.3. The largest absolute Gasteiger partial charge is 0.491 e. The summed E-state index contributed by atoms with van der Waals surface area (Å²) in [5.74, 6) is -2.65. The van der Waals surface area contributed by atoms with Gasteiger partial charge in [0.1, 0.15) is 16.4 Å². The van der Waals surface area contributed by atoms with E-state index in [9.17, 15) is 22.8 Å². The van der Waals surface area contributed by atoms with Crippen LogP contribution in [0.15, 0.2) is 22.4 Å². The molecule has 0 aliphatic carbocycles. The molecule has 0 radical (unpaired) electrons. The summed E-state index contributed by atoms with van der Waals surface area (Å²) in [5, 5.41) is 21.2. The van der Waals surface area contributed by atoms with E-state index >= 15 is 0 Å². The lowest BCUT2D eigenvalue weighted by molar-refractivity contribution is -0.136. The number of nitrogens with zero attached hydrogens (tertiary/aromatic N) is 1. The summed E-state index contributed by atoms with van der Waals surface area (Å²) in [6.45, 7) is 7.42. The molecule has 0 fully saturated rings. The molecular weight excluding hydrogens is 514 g/mol. The average Bonchev–Trinajstić information content (AvgIpc) is 3.09. The Kier molecular flexibility index (Phi) is 11.5. The van der Waals surface area contributed by atoms with Crippen molar-refractivity contribution in [2.24, 2.45) is 5.92 Å². The molecule has 198 valence electrons. The molecule has 4 N–H and O–H groups in total. The number of nitrogens with one attached hydrogen (secondary N) is 2. The van der Waals surface area contributed by atoms with E-state index in [0.717, 1.165) is 18.7 Å². The van der Waals surface area contributed by atoms with Gasteiger partial charge in [0.2, 0.25) is 11.8 Å². The predicted octanol–water partition coefficient (Wildman–Crippen LogP) is 2.58. The Morgan fingerprint density at radius 1 is 1.11 bits per heavy atom. The van der Waals surface area contributed by atoms with E-state index in [1.165, 1.54) is 0 Å². The monoisotopic (exact) mass is 543 g/mol. The molecule has 0 aliphatic heterocycles. The maximum Gasteiger partial charge on any atom is 0.309 e. The van der Waals surface area contributed by atoms with E-state index in [4.69, 9.17) is 19.7 Å². The van der Waals surface area contributed by atoms with Crippen molar-refractivity contribution in [2.45, 2.75) is 44.7 Å². The van der Waals surface area contributed by atoms with Crippen molar-refractivity contribution in [1.29, 1.82) is 0 Å². The van der Waals surface area contributed by atoms with Gasteiger partial charge < -0.3 is 25.6 Å². The van der Waals surface area contributed by atoms with Gasteiger partial charge in [-0.15, -0.1) is 0 Å². The van der Waals surface area contributed by atoms with Gasteiger partial charge in [0, 0.05) is 13.2 Å². The molecule has 1 heterocycles. The molecule has 14 heteroatoms. The summed E-state index contributed by atoms with van der Waals surface area (Å²) in [4.78, 5) is 48.4. The summed E-state index contributed by atoms with van der Waals surface area (Å²) in [6, 6.07) is 5.26. The standard InChI is InChI=1S/C20H25N3O7S2.C2H4O2/c1-11(2)10-30-15-7-12(3)5-6-13(15)21-16(24)9-17(25)23-20-22-14(8-18(26)27)19(31-20)32(4,28)29;1-2(3)4/h5-7,11H,8-10H2,1-4H3,(H,21,24)(H,26,27)(H,22,23,25);1H3,(H,3,4). The van der Waals surface area contributed by atoms with Crippen LogP contribution in [0, 0.1) is 12.8 Å². The smallest absolute Gasteiger partial charge is 0.309 e. The molecule has 12 nitrogen and oxygen atoms in total. The summed E-state index contributed by atoms with van der Waals surface area (Å²) < 4.78 is 29.2. The first kappa shape index (κ1) is 30.5. The van der Waals surface area contributed by atoms with Crippen LogP contribution in [0.1, 0.15) is 38.4 Å². The molecule has 1 aromatic heterocycles.